The third kappa shape index (κ3) is 3.25. The highest BCUT2D eigenvalue weighted by Gasteiger charge is 2.22. The Bertz CT molecular complexity index is 430. The molecule has 0 fully saturated rings. The van der Waals surface area contributed by atoms with Crippen molar-refractivity contribution in [3.63, 3.8) is 0 Å². The first-order valence-electron chi connectivity index (χ1n) is 5.63. The molecule has 0 aliphatic rings. The molecule has 0 unspecified atom stereocenters. The van der Waals surface area contributed by atoms with Crippen LogP contribution in [0.4, 0.5) is 5.69 Å². The molecule has 1 aromatic carbocycles. The SMILES string of the molecule is Cc1c(CNC(C)(CO)CO)cccc1[N+](=O)[O-]. The van der Waals surface area contributed by atoms with E-state index in [4.69, 9.17) is 10.2 Å². The fourth-order valence-electron chi connectivity index (χ4n) is 1.53. The zero-order valence-electron chi connectivity index (χ0n) is 10.5. The number of nitrogens with zero attached hydrogens (tertiary/aromatic N) is 1. The molecular formula is C12H18N2O4. The van der Waals surface area contributed by atoms with Crippen LogP contribution in [0.25, 0.3) is 0 Å². The Kier molecular flexibility index (Phi) is 4.77. The van der Waals surface area contributed by atoms with Crippen molar-refractivity contribution in [2.24, 2.45) is 0 Å². The Hall–Kier alpha value is -1.50. The van der Waals surface area contributed by atoms with Gasteiger partial charge in [0.15, 0.2) is 0 Å². The monoisotopic (exact) mass is 254 g/mol. The lowest BCUT2D eigenvalue weighted by atomic mass is 10.0. The molecule has 0 aromatic heterocycles. The highest BCUT2D eigenvalue weighted by atomic mass is 16.6. The van der Waals surface area contributed by atoms with E-state index in [1.807, 2.05) is 0 Å². The molecule has 1 aromatic rings. The molecule has 0 heterocycles. The largest absolute Gasteiger partial charge is 0.394 e. The van der Waals surface area contributed by atoms with Crippen molar-refractivity contribution in [3.8, 4) is 0 Å². The van der Waals surface area contributed by atoms with Crippen LogP contribution in [0, 0.1) is 17.0 Å². The van der Waals surface area contributed by atoms with Gasteiger partial charge in [0.1, 0.15) is 0 Å². The van der Waals surface area contributed by atoms with Gasteiger partial charge in [-0.25, -0.2) is 0 Å². The van der Waals surface area contributed by atoms with Crippen molar-refractivity contribution in [2.75, 3.05) is 13.2 Å². The minimum atomic E-state index is -0.795. The van der Waals surface area contributed by atoms with Crippen LogP contribution in [0.2, 0.25) is 0 Å². The molecule has 0 radical (unpaired) electrons. The van der Waals surface area contributed by atoms with Crippen LogP contribution in [0.5, 0.6) is 0 Å². The van der Waals surface area contributed by atoms with Gasteiger partial charge in [-0.1, -0.05) is 12.1 Å². The Morgan fingerprint density at radius 2 is 2.00 bits per heavy atom. The van der Waals surface area contributed by atoms with E-state index in [1.165, 1.54) is 6.07 Å². The standard InChI is InChI=1S/C12H18N2O4/c1-9-10(4-3-5-11(9)14(17)18)6-13-12(2,7-15)8-16/h3-5,13,15-16H,6-8H2,1-2H3. The van der Waals surface area contributed by atoms with Gasteiger partial charge in [0.05, 0.1) is 23.7 Å². The third-order valence-electron chi connectivity index (χ3n) is 3.02. The summed E-state index contributed by atoms with van der Waals surface area (Å²) in [6.07, 6.45) is 0. The first-order chi connectivity index (χ1) is 8.43. The molecule has 6 nitrogen and oxygen atoms in total. The maximum absolute atomic E-state index is 10.8. The lowest BCUT2D eigenvalue weighted by Crippen LogP contribution is -2.48. The molecule has 18 heavy (non-hydrogen) atoms. The second-order valence-electron chi connectivity index (χ2n) is 4.55. The summed E-state index contributed by atoms with van der Waals surface area (Å²) in [5, 5.41) is 32.1. The van der Waals surface area contributed by atoms with Crippen LogP contribution >= 0.6 is 0 Å². The van der Waals surface area contributed by atoms with E-state index in [-0.39, 0.29) is 18.9 Å². The summed E-state index contributed by atoms with van der Waals surface area (Å²) in [6.45, 7) is 3.30. The molecule has 100 valence electrons. The van der Waals surface area contributed by atoms with E-state index < -0.39 is 10.5 Å². The maximum Gasteiger partial charge on any atom is 0.272 e. The Balaban J connectivity index is 2.86. The van der Waals surface area contributed by atoms with Gasteiger partial charge in [0, 0.05) is 18.2 Å². The number of hydrogen-bond acceptors (Lipinski definition) is 5. The van der Waals surface area contributed by atoms with Crippen LogP contribution in [-0.4, -0.2) is 33.9 Å². The van der Waals surface area contributed by atoms with Gasteiger partial charge in [0.2, 0.25) is 0 Å². The summed E-state index contributed by atoms with van der Waals surface area (Å²) in [5.41, 5.74) is 0.645. The molecule has 0 amide bonds. The van der Waals surface area contributed by atoms with E-state index in [1.54, 1.807) is 26.0 Å². The summed E-state index contributed by atoms with van der Waals surface area (Å²) < 4.78 is 0. The normalized spacial score (nSPS) is 11.6. The molecule has 3 N–H and O–H groups in total. The van der Waals surface area contributed by atoms with Crippen molar-refractivity contribution in [1.82, 2.24) is 5.32 Å². The van der Waals surface area contributed by atoms with Crippen molar-refractivity contribution >= 4 is 5.69 Å². The Morgan fingerprint density at radius 1 is 1.39 bits per heavy atom. The first kappa shape index (κ1) is 14.6. The van der Waals surface area contributed by atoms with Gasteiger partial charge in [-0.2, -0.15) is 0 Å². The van der Waals surface area contributed by atoms with Gasteiger partial charge >= 0.3 is 0 Å². The number of rotatable bonds is 6. The zero-order valence-corrected chi connectivity index (χ0v) is 10.5. The second-order valence-corrected chi connectivity index (χ2v) is 4.55. The van der Waals surface area contributed by atoms with Gasteiger partial charge in [-0.05, 0) is 19.4 Å². The molecule has 0 aliphatic carbocycles. The summed E-state index contributed by atoms with van der Waals surface area (Å²) >= 11 is 0. The quantitative estimate of drug-likeness (QED) is 0.514. The molecule has 0 saturated carbocycles. The lowest BCUT2D eigenvalue weighted by molar-refractivity contribution is -0.385. The second kappa shape index (κ2) is 5.90. The molecule has 0 aliphatic heterocycles. The average molecular weight is 254 g/mol. The van der Waals surface area contributed by atoms with E-state index >= 15 is 0 Å². The minimum Gasteiger partial charge on any atom is -0.394 e. The number of benzene rings is 1. The molecule has 0 bridgehead atoms. The highest BCUT2D eigenvalue weighted by Crippen LogP contribution is 2.21. The van der Waals surface area contributed by atoms with E-state index in [2.05, 4.69) is 5.32 Å². The number of hydrogen-bond donors (Lipinski definition) is 3. The van der Waals surface area contributed by atoms with Crippen molar-refractivity contribution in [2.45, 2.75) is 25.9 Å². The predicted molar refractivity (Wildman–Crippen MR) is 67.2 cm³/mol. The predicted octanol–water partition coefficient (Wildman–Crippen LogP) is 0.736. The summed E-state index contributed by atoms with van der Waals surface area (Å²) in [4.78, 5) is 10.4. The third-order valence-corrected chi connectivity index (χ3v) is 3.02. The van der Waals surface area contributed by atoms with Crippen LogP contribution < -0.4 is 5.32 Å². The maximum atomic E-state index is 10.8. The number of nitrogens with one attached hydrogen (secondary N) is 1. The van der Waals surface area contributed by atoms with Crippen LogP contribution in [0.15, 0.2) is 18.2 Å². The topological polar surface area (TPSA) is 95.6 Å². The molecule has 6 heteroatoms. The van der Waals surface area contributed by atoms with E-state index in [0.29, 0.717) is 12.1 Å². The number of aliphatic hydroxyl groups is 2. The summed E-state index contributed by atoms with van der Waals surface area (Å²) in [6, 6.07) is 4.86. The first-order valence-corrected chi connectivity index (χ1v) is 5.63. The molecule has 0 saturated heterocycles. The lowest BCUT2D eigenvalue weighted by Gasteiger charge is -2.26. The van der Waals surface area contributed by atoms with Gasteiger partial charge in [-0.3, -0.25) is 10.1 Å². The Morgan fingerprint density at radius 3 is 2.50 bits per heavy atom. The van der Waals surface area contributed by atoms with Crippen molar-refractivity contribution in [3.05, 3.63) is 39.4 Å². The zero-order chi connectivity index (χ0) is 13.8. The van der Waals surface area contributed by atoms with Crippen LogP contribution in [-0.2, 0) is 6.54 Å². The summed E-state index contributed by atoms with van der Waals surface area (Å²) in [7, 11) is 0. The molecule has 1 rings (SSSR count). The van der Waals surface area contributed by atoms with Gasteiger partial charge in [-0.15, -0.1) is 0 Å². The van der Waals surface area contributed by atoms with E-state index in [0.717, 1.165) is 5.56 Å². The number of nitro benzene ring substituents is 1. The Labute approximate surface area is 105 Å². The van der Waals surface area contributed by atoms with Gasteiger partial charge in [0.25, 0.3) is 5.69 Å². The van der Waals surface area contributed by atoms with E-state index in [9.17, 15) is 10.1 Å². The van der Waals surface area contributed by atoms with Crippen molar-refractivity contribution in [1.29, 1.82) is 0 Å². The number of nitro groups is 1. The molecule has 0 atom stereocenters. The van der Waals surface area contributed by atoms with Crippen LogP contribution in [0.3, 0.4) is 0 Å². The molecular weight excluding hydrogens is 236 g/mol. The fraction of sp³-hybridized carbons (Fsp3) is 0.500. The average Bonchev–Trinajstić information content (AvgIpc) is 2.37. The smallest absolute Gasteiger partial charge is 0.272 e. The van der Waals surface area contributed by atoms with Crippen LogP contribution in [0.1, 0.15) is 18.1 Å². The molecule has 0 spiro atoms. The highest BCUT2D eigenvalue weighted by molar-refractivity contribution is 5.44. The summed E-state index contributed by atoms with van der Waals surface area (Å²) in [5.74, 6) is 0. The van der Waals surface area contributed by atoms with Gasteiger partial charge < -0.3 is 15.5 Å². The fourth-order valence-corrected chi connectivity index (χ4v) is 1.53. The van der Waals surface area contributed by atoms with Crippen molar-refractivity contribution < 1.29 is 15.1 Å². The minimum absolute atomic E-state index is 0.0731. The number of aliphatic hydroxyl groups excluding tert-OH is 2.